The molecule has 0 aliphatic heterocycles. The maximum atomic E-state index is 12.5. The molecule has 0 heterocycles. The minimum atomic E-state index is 0.222. The molecule has 1 aromatic carbocycles. The number of ketones is 1. The molecule has 0 radical (unpaired) electrons. The Labute approximate surface area is 116 Å². The smallest absolute Gasteiger partial charge is 0.166 e. The maximum Gasteiger partial charge on any atom is 0.166 e. The molecule has 2 nitrogen and oxygen atoms in total. The van der Waals surface area contributed by atoms with Gasteiger partial charge in [-0.1, -0.05) is 25.5 Å². The Balaban J connectivity index is 2.01. The van der Waals surface area contributed by atoms with Crippen molar-refractivity contribution in [1.82, 2.24) is 0 Å². The zero-order valence-electron chi connectivity index (χ0n) is 12.0. The van der Waals surface area contributed by atoms with Crippen LogP contribution in [-0.4, -0.2) is 12.4 Å². The van der Waals surface area contributed by atoms with Gasteiger partial charge in [0, 0.05) is 11.5 Å². The third-order valence-electron chi connectivity index (χ3n) is 4.22. The molecule has 0 amide bonds. The molecule has 2 rings (SSSR count). The van der Waals surface area contributed by atoms with E-state index in [2.05, 4.69) is 6.92 Å². The lowest BCUT2D eigenvalue weighted by Crippen LogP contribution is -2.21. The summed E-state index contributed by atoms with van der Waals surface area (Å²) in [4.78, 5) is 12.5. The van der Waals surface area contributed by atoms with Crippen LogP contribution in [0.1, 0.15) is 56.3 Å². The predicted octanol–water partition coefficient (Wildman–Crippen LogP) is 4.48. The normalized spacial score (nSPS) is 23.1. The zero-order valence-corrected chi connectivity index (χ0v) is 12.0. The van der Waals surface area contributed by atoms with Crippen LogP contribution in [0.3, 0.4) is 0 Å². The quantitative estimate of drug-likeness (QED) is 0.729. The second-order valence-electron chi connectivity index (χ2n) is 5.45. The van der Waals surface area contributed by atoms with Gasteiger partial charge in [-0.25, -0.2) is 0 Å². The van der Waals surface area contributed by atoms with Gasteiger partial charge in [0.1, 0.15) is 5.75 Å². The van der Waals surface area contributed by atoms with E-state index in [1.807, 2.05) is 31.2 Å². The molecular formula is C17H24O2. The summed E-state index contributed by atoms with van der Waals surface area (Å²) >= 11 is 0. The molecule has 0 N–H and O–H groups in total. The molecule has 1 saturated carbocycles. The Morgan fingerprint density at radius 2 is 1.95 bits per heavy atom. The topological polar surface area (TPSA) is 26.3 Å². The van der Waals surface area contributed by atoms with Gasteiger partial charge in [0.15, 0.2) is 5.78 Å². The summed E-state index contributed by atoms with van der Waals surface area (Å²) < 4.78 is 5.47. The van der Waals surface area contributed by atoms with Crippen molar-refractivity contribution < 1.29 is 9.53 Å². The first-order valence-corrected chi connectivity index (χ1v) is 7.51. The highest BCUT2D eigenvalue weighted by Gasteiger charge is 2.26. The van der Waals surface area contributed by atoms with Crippen molar-refractivity contribution in [1.29, 1.82) is 0 Å². The Bertz CT molecular complexity index is 417. The average Bonchev–Trinajstić information content (AvgIpc) is 2.47. The van der Waals surface area contributed by atoms with Crippen molar-refractivity contribution in [3.8, 4) is 5.75 Å². The van der Waals surface area contributed by atoms with Gasteiger partial charge in [0.25, 0.3) is 0 Å². The van der Waals surface area contributed by atoms with Gasteiger partial charge in [0.05, 0.1) is 6.61 Å². The Morgan fingerprint density at radius 3 is 2.58 bits per heavy atom. The van der Waals surface area contributed by atoms with Crippen molar-refractivity contribution in [2.24, 2.45) is 11.8 Å². The molecule has 0 atom stereocenters. The number of hydrogen-bond donors (Lipinski definition) is 0. The van der Waals surface area contributed by atoms with Crippen LogP contribution in [0.15, 0.2) is 24.3 Å². The number of hydrogen-bond acceptors (Lipinski definition) is 2. The number of carbonyl (C=O) groups is 1. The summed E-state index contributed by atoms with van der Waals surface area (Å²) in [6.45, 7) is 4.85. The number of ether oxygens (including phenoxy) is 1. The third-order valence-corrected chi connectivity index (χ3v) is 4.22. The summed E-state index contributed by atoms with van der Waals surface area (Å²) in [5.41, 5.74) is 0.811. The largest absolute Gasteiger partial charge is 0.494 e. The van der Waals surface area contributed by atoms with Crippen molar-refractivity contribution in [2.45, 2.75) is 46.0 Å². The molecule has 104 valence electrons. The van der Waals surface area contributed by atoms with Gasteiger partial charge >= 0.3 is 0 Å². The van der Waals surface area contributed by atoms with Gasteiger partial charge in [-0.2, -0.15) is 0 Å². The first kappa shape index (κ1) is 14.1. The van der Waals surface area contributed by atoms with Crippen LogP contribution in [0.4, 0.5) is 0 Å². The van der Waals surface area contributed by atoms with Gasteiger partial charge < -0.3 is 4.74 Å². The molecule has 1 aliphatic carbocycles. The Kier molecular flexibility index (Phi) is 5.00. The van der Waals surface area contributed by atoms with Crippen LogP contribution in [0.5, 0.6) is 5.75 Å². The van der Waals surface area contributed by atoms with E-state index >= 15 is 0 Å². The lowest BCUT2D eigenvalue weighted by molar-refractivity contribution is 0.0870. The molecule has 0 unspecified atom stereocenters. The average molecular weight is 260 g/mol. The maximum absolute atomic E-state index is 12.5. The second kappa shape index (κ2) is 6.74. The second-order valence-corrected chi connectivity index (χ2v) is 5.45. The van der Waals surface area contributed by atoms with E-state index in [1.54, 1.807) is 0 Å². The van der Waals surface area contributed by atoms with Crippen molar-refractivity contribution in [2.75, 3.05) is 6.61 Å². The summed E-state index contributed by atoms with van der Waals surface area (Å²) in [5, 5.41) is 0. The number of rotatable bonds is 5. The molecule has 1 fully saturated rings. The summed E-state index contributed by atoms with van der Waals surface area (Å²) in [5.74, 6) is 2.16. The standard InChI is InChI=1S/C17H24O2/c1-3-13-8-10-14(11-9-13)17(18)15-6-5-7-16(12-15)19-4-2/h5-7,12-14H,3-4,8-11H2,1-2H3. The lowest BCUT2D eigenvalue weighted by atomic mass is 9.78. The van der Waals surface area contributed by atoms with Crippen molar-refractivity contribution in [3.63, 3.8) is 0 Å². The Morgan fingerprint density at radius 1 is 1.21 bits per heavy atom. The van der Waals surface area contributed by atoms with Gasteiger partial charge in [-0.05, 0) is 50.7 Å². The molecule has 0 bridgehead atoms. The summed E-state index contributed by atoms with van der Waals surface area (Å²) in [7, 11) is 0. The first-order valence-electron chi connectivity index (χ1n) is 7.51. The highest BCUT2D eigenvalue weighted by molar-refractivity contribution is 5.98. The summed E-state index contributed by atoms with van der Waals surface area (Å²) in [6, 6.07) is 7.62. The lowest BCUT2D eigenvalue weighted by Gasteiger charge is -2.26. The van der Waals surface area contributed by atoms with Crippen LogP contribution in [-0.2, 0) is 0 Å². The molecule has 0 aromatic heterocycles. The number of carbonyl (C=O) groups excluding carboxylic acids is 1. The third kappa shape index (κ3) is 3.59. The summed E-state index contributed by atoms with van der Waals surface area (Å²) in [6.07, 6.45) is 5.77. The SMILES string of the molecule is CCOc1cccc(C(=O)C2CCC(CC)CC2)c1. The fraction of sp³-hybridized carbons (Fsp3) is 0.588. The number of Topliss-reactive ketones (excluding diaryl/α,β-unsaturated/α-hetero) is 1. The van der Waals surface area contributed by atoms with E-state index < -0.39 is 0 Å². The zero-order chi connectivity index (χ0) is 13.7. The molecular weight excluding hydrogens is 236 g/mol. The van der Waals surface area contributed by atoms with Gasteiger partial charge in [0.2, 0.25) is 0 Å². The van der Waals surface area contributed by atoms with Crippen LogP contribution < -0.4 is 4.74 Å². The highest BCUT2D eigenvalue weighted by atomic mass is 16.5. The highest BCUT2D eigenvalue weighted by Crippen LogP contribution is 2.32. The van der Waals surface area contributed by atoms with Gasteiger partial charge in [-0.3, -0.25) is 4.79 Å². The van der Waals surface area contributed by atoms with E-state index in [0.29, 0.717) is 12.4 Å². The van der Waals surface area contributed by atoms with E-state index in [1.165, 1.54) is 19.3 Å². The van der Waals surface area contributed by atoms with Crippen LogP contribution in [0.2, 0.25) is 0 Å². The van der Waals surface area contributed by atoms with Crippen LogP contribution in [0.25, 0.3) is 0 Å². The molecule has 1 aliphatic rings. The number of benzene rings is 1. The molecule has 2 heteroatoms. The van der Waals surface area contributed by atoms with E-state index in [-0.39, 0.29) is 5.92 Å². The molecule has 1 aromatic rings. The molecule has 19 heavy (non-hydrogen) atoms. The predicted molar refractivity (Wildman–Crippen MR) is 77.7 cm³/mol. The monoisotopic (exact) mass is 260 g/mol. The van der Waals surface area contributed by atoms with Gasteiger partial charge in [-0.15, -0.1) is 0 Å². The van der Waals surface area contributed by atoms with E-state index in [0.717, 1.165) is 30.1 Å². The minimum absolute atomic E-state index is 0.222. The fourth-order valence-electron chi connectivity index (χ4n) is 2.97. The molecule has 0 saturated heterocycles. The van der Waals surface area contributed by atoms with Crippen molar-refractivity contribution in [3.05, 3.63) is 29.8 Å². The minimum Gasteiger partial charge on any atom is -0.494 e. The fourth-order valence-corrected chi connectivity index (χ4v) is 2.97. The first-order chi connectivity index (χ1) is 9.24. The van der Waals surface area contributed by atoms with Crippen LogP contribution in [0, 0.1) is 11.8 Å². The van der Waals surface area contributed by atoms with Crippen LogP contribution >= 0.6 is 0 Å². The molecule has 0 spiro atoms. The van der Waals surface area contributed by atoms with E-state index in [9.17, 15) is 4.79 Å². The van der Waals surface area contributed by atoms with E-state index in [4.69, 9.17) is 4.74 Å². The van der Waals surface area contributed by atoms with Crippen molar-refractivity contribution >= 4 is 5.78 Å². The Hall–Kier alpha value is -1.31.